The molecule has 0 unspecified atom stereocenters. The van der Waals surface area contributed by atoms with Crippen LogP contribution in [-0.2, 0) is 0 Å². The summed E-state index contributed by atoms with van der Waals surface area (Å²) in [5, 5.41) is 0. The van der Waals surface area contributed by atoms with E-state index in [9.17, 15) is 13.2 Å². The van der Waals surface area contributed by atoms with E-state index in [2.05, 4.69) is 4.99 Å². The summed E-state index contributed by atoms with van der Waals surface area (Å²) in [6.45, 7) is 3.36. The van der Waals surface area contributed by atoms with Gasteiger partial charge in [-0.1, -0.05) is 5.92 Å². The Bertz CT molecular complexity index is 581. The SMILES string of the molecule is Cc1cc(OCC#CC(F)(F)F)c(C)cc1N=CN(C)C. The fourth-order valence-electron chi connectivity index (χ4n) is 1.50. The Morgan fingerprint density at radius 3 is 2.48 bits per heavy atom. The molecule has 0 saturated heterocycles. The van der Waals surface area contributed by atoms with Gasteiger partial charge >= 0.3 is 6.18 Å². The van der Waals surface area contributed by atoms with Crippen LogP contribution in [0.4, 0.5) is 18.9 Å². The molecule has 0 aromatic heterocycles. The lowest BCUT2D eigenvalue weighted by molar-refractivity contribution is -0.0698. The molecule has 6 heteroatoms. The van der Waals surface area contributed by atoms with Crippen molar-refractivity contribution in [2.75, 3.05) is 20.7 Å². The summed E-state index contributed by atoms with van der Waals surface area (Å²) in [6.07, 6.45) is -2.81. The minimum absolute atomic E-state index is 0.305. The van der Waals surface area contributed by atoms with Crippen molar-refractivity contribution < 1.29 is 17.9 Å². The maximum Gasteiger partial charge on any atom is 0.457 e. The lowest BCUT2D eigenvalue weighted by atomic mass is 10.1. The molecule has 0 N–H and O–H groups in total. The lowest BCUT2D eigenvalue weighted by Crippen LogP contribution is -2.07. The van der Waals surface area contributed by atoms with Crippen LogP contribution in [0.1, 0.15) is 11.1 Å². The van der Waals surface area contributed by atoms with Crippen molar-refractivity contribution >= 4 is 12.0 Å². The predicted octanol–water partition coefficient (Wildman–Crippen LogP) is 3.47. The van der Waals surface area contributed by atoms with Crippen LogP contribution in [-0.4, -0.2) is 38.1 Å². The maximum absolute atomic E-state index is 11.9. The van der Waals surface area contributed by atoms with Crippen LogP contribution in [0.15, 0.2) is 17.1 Å². The molecular weight excluding hydrogens is 281 g/mol. The van der Waals surface area contributed by atoms with Crippen molar-refractivity contribution in [3.05, 3.63) is 23.3 Å². The van der Waals surface area contributed by atoms with Gasteiger partial charge in [-0.25, -0.2) is 4.99 Å². The second kappa shape index (κ2) is 7.02. The van der Waals surface area contributed by atoms with Gasteiger partial charge in [-0.2, -0.15) is 13.2 Å². The van der Waals surface area contributed by atoms with Crippen LogP contribution in [0.5, 0.6) is 5.75 Å². The van der Waals surface area contributed by atoms with Crippen molar-refractivity contribution in [2.24, 2.45) is 4.99 Å². The van der Waals surface area contributed by atoms with Gasteiger partial charge in [0.1, 0.15) is 12.4 Å². The molecule has 0 amide bonds. The Labute approximate surface area is 122 Å². The number of aliphatic imine (C=N–C) groups is 1. The summed E-state index contributed by atoms with van der Waals surface area (Å²) >= 11 is 0. The third kappa shape index (κ3) is 6.21. The molecule has 1 aromatic carbocycles. The Balaban J connectivity index is 2.81. The van der Waals surface area contributed by atoms with Gasteiger partial charge in [0.2, 0.25) is 0 Å². The van der Waals surface area contributed by atoms with Crippen molar-refractivity contribution in [2.45, 2.75) is 20.0 Å². The van der Waals surface area contributed by atoms with Gasteiger partial charge in [0.25, 0.3) is 0 Å². The zero-order valence-corrected chi connectivity index (χ0v) is 12.4. The first-order valence-electron chi connectivity index (χ1n) is 6.20. The van der Waals surface area contributed by atoms with Crippen LogP contribution < -0.4 is 4.74 Å². The number of hydrogen-bond donors (Lipinski definition) is 0. The number of halogens is 3. The monoisotopic (exact) mass is 298 g/mol. The molecule has 0 aliphatic rings. The predicted molar refractivity (Wildman–Crippen MR) is 77.1 cm³/mol. The van der Waals surface area contributed by atoms with E-state index in [-0.39, 0.29) is 6.61 Å². The van der Waals surface area contributed by atoms with Crippen molar-refractivity contribution in [1.29, 1.82) is 0 Å². The number of aryl methyl sites for hydroxylation is 2. The van der Waals surface area contributed by atoms with Crippen LogP contribution >= 0.6 is 0 Å². The smallest absolute Gasteiger partial charge is 0.457 e. The average molecular weight is 298 g/mol. The topological polar surface area (TPSA) is 24.8 Å². The molecule has 0 atom stereocenters. The summed E-state index contributed by atoms with van der Waals surface area (Å²) in [6, 6.07) is 3.56. The summed E-state index contributed by atoms with van der Waals surface area (Å²) < 4.78 is 40.9. The quantitative estimate of drug-likeness (QED) is 0.483. The fraction of sp³-hybridized carbons (Fsp3) is 0.400. The normalized spacial score (nSPS) is 11.2. The first kappa shape index (κ1) is 16.9. The molecule has 21 heavy (non-hydrogen) atoms. The molecular formula is C15H17F3N2O. The summed E-state index contributed by atoms with van der Waals surface area (Å²) in [7, 11) is 3.73. The molecule has 0 spiro atoms. The Hall–Kier alpha value is -2.16. The van der Waals surface area contributed by atoms with Gasteiger partial charge in [0, 0.05) is 20.0 Å². The van der Waals surface area contributed by atoms with Crippen molar-refractivity contribution in [3.63, 3.8) is 0 Å². The van der Waals surface area contributed by atoms with Crippen molar-refractivity contribution in [1.82, 2.24) is 4.90 Å². The zero-order chi connectivity index (χ0) is 16.0. The Morgan fingerprint density at radius 1 is 1.24 bits per heavy atom. The van der Waals surface area contributed by atoms with Gasteiger partial charge in [-0.3, -0.25) is 0 Å². The summed E-state index contributed by atoms with van der Waals surface area (Å²) in [5.74, 6) is 3.62. The van der Waals surface area contributed by atoms with E-state index in [0.717, 1.165) is 16.8 Å². The first-order chi connectivity index (χ1) is 9.69. The molecule has 0 bridgehead atoms. The molecule has 0 saturated carbocycles. The minimum atomic E-state index is -4.49. The number of rotatable bonds is 4. The van der Waals surface area contributed by atoms with Gasteiger partial charge in [-0.15, -0.1) is 0 Å². The molecule has 1 rings (SSSR count). The standard InChI is InChI=1S/C15H17F3N2O/c1-11-9-14(21-7-5-6-15(16,17)18)12(2)8-13(11)19-10-20(3)4/h8-10H,7H2,1-4H3. The molecule has 0 aliphatic carbocycles. The third-order valence-corrected chi connectivity index (χ3v) is 2.45. The largest absolute Gasteiger partial charge is 0.481 e. The summed E-state index contributed by atoms with van der Waals surface area (Å²) in [4.78, 5) is 6.12. The number of alkyl halides is 3. The van der Waals surface area contributed by atoms with Gasteiger partial charge in [0.05, 0.1) is 12.0 Å². The molecule has 0 heterocycles. The highest BCUT2D eigenvalue weighted by Gasteiger charge is 2.22. The molecule has 0 fully saturated rings. The minimum Gasteiger partial charge on any atom is -0.481 e. The number of ether oxygens (including phenoxy) is 1. The highest BCUT2D eigenvalue weighted by Crippen LogP contribution is 2.28. The molecule has 0 radical (unpaired) electrons. The molecule has 114 valence electrons. The zero-order valence-electron chi connectivity index (χ0n) is 12.4. The third-order valence-electron chi connectivity index (χ3n) is 2.45. The van der Waals surface area contributed by atoms with Gasteiger partial charge in [0.15, 0.2) is 0 Å². The average Bonchev–Trinajstić information content (AvgIpc) is 2.35. The summed E-state index contributed by atoms with van der Waals surface area (Å²) in [5.41, 5.74) is 2.45. The second-order valence-electron chi connectivity index (χ2n) is 4.70. The van der Waals surface area contributed by atoms with E-state index >= 15 is 0 Å². The number of benzene rings is 1. The van der Waals surface area contributed by atoms with E-state index in [1.165, 1.54) is 5.92 Å². The Morgan fingerprint density at radius 2 is 1.90 bits per heavy atom. The lowest BCUT2D eigenvalue weighted by Gasteiger charge is -2.10. The second-order valence-corrected chi connectivity index (χ2v) is 4.70. The fourth-order valence-corrected chi connectivity index (χ4v) is 1.50. The van der Waals surface area contributed by atoms with Crippen molar-refractivity contribution in [3.8, 4) is 17.6 Å². The maximum atomic E-state index is 11.9. The van der Waals surface area contributed by atoms with E-state index in [4.69, 9.17) is 4.74 Å². The van der Waals surface area contributed by atoms with E-state index in [0.29, 0.717) is 5.75 Å². The number of nitrogens with zero attached hydrogens (tertiary/aromatic N) is 2. The van der Waals surface area contributed by atoms with Crippen LogP contribution in [0, 0.1) is 25.7 Å². The van der Waals surface area contributed by atoms with E-state index in [1.54, 1.807) is 19.3 Å². The first-order valence-corrected chi connectivity index (χ1v) is 6.20. The van der Waals surface area contributed by atoms with Crippen LogP contribution in [0.3, 0.4) is 0 Å². The van der Waals surface area contributed by atoms with Gasteiger partial charge < -0.3 is 9.64 Å². The highest BCUT2D eigenvalue weighted by molar-refractivity contribution is 5.64. The molecule has 3 nitrogen and oxygen atoms in total. The number of hydrogen-bond acceptors (Lipinski definition) is 2. The van der Waals surface area contributed by atoms with E-state index in [1.807, 2.05) is 37.9 Å². The van der Waals surface area contributed by atoms with Gasteiger partial charge in [-0.05, 0) is 37.1 Å². The van der Waals surface area contributed by atoms with E-state index < -0.39 is 6.18 Å². The van der Waals surface area contributed by atoms with Crippen LogP contribution in [0.2, 0.25) is 0 Å². The Kier molecular flexibility index (Phi) is 5.65. The highest BCUT2D eigenvalue weighted by atomic mass is 19.4. The molecule has 1 aromatic rings. The molecule has 0 aliphatic heterocycles. The van der Waals surface area contributed by atoms with Crippen LogP contribution in [0.25, 0.3) is 0 Å².